The van der Waals surface area contributed by atoms with Gasteiger partial charge < -0.3 is 9.80 Å². The number of piperazine rings is 1. The molecule has 2 aromatic rings. The molecule has 2 aromatic carbocycles. The lowest BCUT2D eigenvalue weighted by Gasteiger charge is -2.34. The molecule has 162 valence electrons. The molecule has 2 amide bonds. The van der Waals surface area contributed by atoms with Crippen LogP contribution in [0.1, 0.15) is 27.9 Å². The Morgan fingerprint density at radius 3 is 2.19 bits per heavy atom. The number of benzene rings is 2. The second-order valence-electron chi connectivity index (χ2n) is 8.09. The third kappa shape index (κ3) is 3.52. The lowest BCUT2D eigenvalue weighted by molar-refractivity contribution is -0.118. The first-order valence-corrected chi connectivity index (χ1v) is 12.2. The second kappa shape index (κ2) is 7.62. The number of aryl methyl sites for hydroxylation is 1. The van der Waals surface area contributed by atoms with Crippen molar-refractivity contribution in [2.45, 2.75) is 24.2 Å². The van der Waals surface area contributed by atoms with E-state index in [0.717, 1.165) is 16.8 Å². The molecule has 0 spiro atoms. The van der Waals surface area contributed by atoms with Gasteiger partial charge in [0.05, 0.1) is 10.6 Å². The maximum absolute atomic E-state index is 13.3. The Kier molecular flexibility index (Phi) is 5.03. The highest BCUT2D eigenvalue weighted by Crippen LogP contribution is 2.39. The van der Waals surface area contributed by atoms with E-state index in [1.54, 1.807) is 46.2 Å². The van der Waals surface area contributed by atoms with Gasteiger partial charge >= 0.3 is 0 Å². The normalized spacial score (nSPS) is 18.9. The van der Waals surface area contributed by atoms with E-state index in [-0.39, 0.29) is 29.8 Å². The van der Waals surface area contributed by atoms with E-state index < -0.39 is 10.0 Å². The zero-order valence-corrected chi connectivity index (χ0v) is 18.5. The minimum Gasteiger partial charge on any atom is -0.336 e. The summed E-state index contributed by atoms with van der Waals surface area (Å²) in [5, 5.41) is 0.563. The third-order valence-electron chi connectivity index (χ3n) is 6.28. The summed E-state index contributed by atoms with van der Waals surface area (Å²) in [5.74, 6) is -0.0104. The number of sulfonamides is 1. The van der Waals surface area contributed by atoms with Crippen molar-refractivity contribution in [3.63, 3.8) is 0 Å². The van der Waals surface area contributed by atoms with Crippen molar-refractivity contribution in [1.82, 2.24) is 9.21 Å². The van der Waals surface area contributed by atoms with Gasteiger partial charge in [-0.1, -0.05) is 11.6 Å². The van der Waals surface area contributed by atoms with Gasteiger partial charge in [-0.05, 0) is 60.4 Å². The predicted molar refractivity (Wildman–Crippen MR) is 117 cm³/mol. The summed E-state index contributed by atoms with van der Waals surface area (Å²) in [4.78, 5) is 28.6. The number of carbonyl (C=O) groups excluding carboxylic acids is 2. The Labute approximate surface area is 186 Å². The molecule has 0 N–H and O–H groups in total. The maximum Gasteiger partial charge on any atom is 0.253 e. The predicted octanol–water partition coefficient (Wildman–Crippen LogP) is 2.32. The van der Waals surface area contributed by atoms with Gasteiger partial charge in [0, 0.05) is 49.7 Å². The Morgan fingerprint density at radius 2 is 1.52 bits per heavy atom. The second-order valence-corrected chi connectivity index (χ2v) is 10.5. The molecule has 0 aromatic heterocycles. The Hall–Kier alpha value is -2.42. The first-order valence-electron chi connectivity index (χ1n) is 10.4. The van der Waals surface area contributed by atoms with E-state index in [1.807, 2.05) is 0 Å². The fourth-order valence-electron chi connectivity index (χ4n) is 4.63. The van der Waals surface area contributed by atoms with E-state index in [0.29, 0.717) is 49.5 Å². The van der Waals surface area contributed by atoms with Crippen molar-refractivity contribution in [1.29, 1.82) is 0 Å². The molecule has 5 rings (SSSR count). The van der Waals surface area contributed by atoms with Crippen LogP contribution >= 0.6 is 11.6 Å². The van der Waals surface area contributed by atoms with Crippen LogP contribution in [0.25, 0.3) is 0 Å². The Balaban J connectivity index is 1.33. The standard InChI is InChI=1S/C22H22ClN3O4S/c23-18-4-1-15(2-5-18)22(28)24-9-11-25(12-10-24)31(29,30)19-13-16-3-6-20(27)26-8-7-17(14-19)21(16)26/h1-2,4-5,13-14H,3,6-12H2. The summed E-state index contributed by atoms with van der Waals surface area (Å²) in [6, 6.07) is 10.1. The highest BCUT2D eigenvalue weighted by molar-refractivity contribution is 7.89. The minimum atomic E-state index is -3.67. The molecule has 3 heterocycles. The molecule has 9 heteroatoms. The summed E-state index contributed by atoms with van der Waals surface area (Å²) >= 11 is 5.89. The highest BCUT2D eigenvalue weighted by atomic mass is 35.5. The first kappa shape index (κ1) is 20.5. The van der Waals surface area contributed by atoms with Gasteiger partial charge in [-0.2, -0.15) is 4.31 Å². The van der Waals surface area contributed by atoms with Crippen LogP contribution in [0.3, 0.4) is 0 Å². The fraction of sp³-hybridized carbons (Fsp3) is 0.364. The molecule has 1 fully saturated rings. The van der Waals surface area contributed by atoms with Crippen LogP contribution < -0.4 is 4.90 Å². The zero-order chi connectivity index (χ0) is 21.8. The largest absolute Gasteiger partial charge is 0.336 e. The van der Waals surface area contributed by atoms with E-state index in [2.05, 4.69) is 0 Å². The van der Waals surface area contributed by atoms with Crippen molar-refractivity contribution in [3.05, 3.63) is 58.1 Å². The summed E-state index contributed by atoms with van der Waals surface area (Å²) in [5.41, 5.74) is 3.32. The molecule has 3 aliphatic heterocycles. The average Bonchev–Trinajstić information content (AvgIpc) is 3.22. The van der Waals surface area contributed by atoms with Crippen molar-refractivity contribution in [2.24, 2.45) is 0 Å². The average molecular weight is 460 g/mol. The van der Waals surface area contributed by atoms with E-state index in [1.165, 1.54) is 4.31 Å². The van der Waals surface area contributed by atoms with Crippen molar-refractivity contribution in [2.75, 3.05) is 37.6 Å². The van der Waals surface area contributed by atoms with Crippen LogP contribution in [0, 0.1) is 0 Å². The molecule has 0 bridgehead atoms. The number of halogens is 1. The van der Waals surface area contributed by atoms with Gasteiger partial charge in [0.25, 0.3) is 5.91 Å². The molecule has 0 aliphatic carbocycles. The number of carbonyl (C=O) groups is 2. The smallest absolute Gasteiger partial charge is 0.253 e. The molecular weight excluding hydrogens is 438 g/mol. The van der Waals surface area contributed by atoms with Crippen molar-refractivity contribution in [3.8, 4) is 0 Å². The molecule has 0 radical (unpaired) electrons. The maximum atomic E-state index is 13.3. The van der Waals surface area contributed by atoms with Crippen LogP contribution in [-0.2, 0) is 27.7 Å². The van der Waals surface area contributed by atoms with Crippen LogP contribution in [0.4, 0.5) is 5.69 Å². The lowest BCUT2D eigenvalue weighted by Crippen LogP contribution is -2.50. The molecule has 7 nitrogen and oxygen atoms in total. The molecule has 31 heavy (non-hydrogen) atoms. The summed E-state index contributed by atoms with van der Waals surface area (Å²) in [6.45, 7) is 1.79. The van der Waals surface area contributed by atoms with Crippen LogP contribution in [0.2, 0.25) is 5.02 Å². The molecular formula is C22H22ClN3O4S. The van der Waals surface area contributed by atoms with Gasteiger partial charge in [0.1, 0.15) is 0 Å². The topological polar surface area (TPSA) is 78.0 Å². The summed E-state index contributed by atoms with van der Waals surface area (Å²) in [7, 11) is -3.67. The summed E-state index contributed by atoms with van der Waals surface area (Å²) < 4.78 is 28.1. The molecule has 0 atom stereocenters. The quantitative estimate of drug-likeness (QED) is 0.705. The minimum absolute atomic E-state index is 0.114. The van der Waals surface area contributed by atoms with Gasteiger partial charge in [0.15, 0.2) is 0 Å². The number of anilines is 1. The van der Waals surface area contributed by atoms with Crippen LogP contribution in [-0.4, -0.2) is 62.2 Å². The molecule has 0 unspecified atom stereocenters. The van der Waals surface area contributed by atoms with E-state index in [4.69, 9.17) is 11.6 Å². The fourth-order valence-corrected chi connectivity index (χ4v) is 6.28. The van der Waals surface area contributed by atoms with Crippen LogP contribution in [0.15, 0.2) is 41.3 Å². The number of nitrogens with zero attached hydrogens (tertiary/aromatic N) is 3. The molecule has 3 aliphatic rings. The SMILES string of the molecule is O=C(c1ccc(Cl)cc1)N1CCN(S(=O)(=O)c2cc3c4c(c2)CCN4C(=O)CC3)CC1. The van der Waals surface area contributed by atoms with Crippen molar-refractivity contribution >= 4 is 39.1 Å². The first-order chi connectivity index (χ1) is 14.8. The van der Waals surface area contributed by atoms with Gasteiger partial charge in [0.2, 0.25) is 15.9 Å². The van der Waals surface area contributed by atoms with Gasteiger partial charge in [-0.3, -0.25) is 9.59 Å². The Morgan fingerprint density at radius 1 is 0.871 bits per heavy atom. The van der Waals surface area contributed by atoms with E-state index >= 15 is 0 Å². The molecule has 0 saturated carbocycles. The monoisotopic (exact) mass is 459 g/mol. The van der Waals surface area contributed by atoms with Gasteiger partial charge in [-0.15, -0.1) is 0 Å². The zero-order valence-electron chi connectivity index (χ0n) is 16.9. The molecule has 1 saturated heterocycles. The van der Waals surface area contributed by atoms with Crippen LogP contribution in [0.5, 0.6) is 0 Å². The van der Waals surface area contributed by atoms with Gasteiger partial charge in [-0.25, -0.2) is 8.42 Å². The lowest BCUT2D eigenvalue weighted by atomic mass is 10.00. The number of hydrogen-bond donors (Lipinski definition) is 0. The van der Waals surface area contributed by atoms with Crippen molar-refractivity contribution < 1.29 is 18.0 Å². The summed E-state index contributed by atoms with van der Waals surface area (Å²) in [6.07, 6.45) is 1.67. The highest BCUT2D eigenvalue weighted by Gasteiger charge is 2.35. The third-order valence-corrected chi connectivity index (χ3v) is 8.41. The van der Waals surface area contributed by atoms with E-state index in [9.17, 15) is 18.0 Å². The Bertz CT molecular complexity index is 1170. The number of hydrogen-bond acceptors (Lipinski definition) is 4. The number of amides is 2. The number of rotatable bonds is 3.